The molecule has 106 valence electrons. The van der Waals surface area contributed by atoms with Gasteiger partial charge in [0.1, 0.15) is 5.75 Å². The van der Waals surface area contributed by atoms with Crippen LogP contribution in [0.3, 0.4) is 0 Å². The Morgan fingerprint density at radius 3 is 2.53 bits per heavy atom. The lowest BCUT2D eigenvalue weighted by molar-refractivity contribution is 0.185. The standard InChI is InChI=1S/C16H26N2O/c1-3-4-13-19-16-7-5-15(6-8-16)14(2)18-11-9-17-10-12-18/h5-8,14,17H,3-4,9-13H2,1-2H3. The molecular formula is C16H26N2O. The molecule has 1 aliphatic rings. The van der Waals surface area contributed by atoms with Gasteiger partial charge in [0.25, 0.3) is 0 Å². The number of hydrogen-bond donors (Lipinski definition) is 1. The summed E-state index contributed by atoms with van der Waals surface area (Å²) in [6, 6.07) is 9.10. The number of rotatable bonds is 6. The van der Waals surface area contributed by atoms with Crippen LogP contribution in [0.4, 0.5) is 0 Å². The molecule has 0 bridgehead atoms. The fraction of sp³-hybridized carbons (Fsp3) is 0.625. The van der Waals surface area contributed by atoms with Crippen LogP contribution in [0.5, 0.6) is 5.75 Å². The monoisotopic (exact) mass is 262 g/mol. The maximum absolute atomic E-state index is 5.70. The van der Waals surface area contributed by atoms with E-state index in [1.807, 2.05) is 0 Å². The van der Waals surface area contributed by atoms with Gasteiger partial charge >= 0.3 is 0 Å². The molecule has 0 aliphatic carbocycles. The van der Waals surface area contributed by atoms with Gasteiger partial charge in [-0.2, -0.15) is 0 Å². The molecule has 0 radical (unpaired) electrons. The van der Waals surface area contributed by atoms with Gasteiger partial charge < -0.3 is 10.1 Å². The average Bonchev–Trinajstić information content (AvgIpc) is 2.48. The molecule has 1 heterocycles. The van der Waals surface area contributed by atoms with Crippen molar-refractivity contribution < 1.29 is 4.74 Å². The summed E-state index contributed by atoms with van der Waals surface area (Å²) in [5.74, 6) is 0.990. The number of piperazine rings is 1. The fourth-order valence-corrected chi connectivity index (χ4v) is 2.46. The molecule has 0 amide bonds. The van der Waals surface area contributed by atoms with E-state index in [-0.39, 0.29) is 0 Å². The van der Waals surface area contributed by atoms with Gasteiger partial charge in [-0.15, -0.1) is 0 Å². The van der Waals surface area contributed by atoms with Crippen molar-refractivity contribution in [1.82, 2.24) is 10.2 Å². The Kier molecular flexibility index (Phi) is 5.67. The van der Waals surface area contributed by atoms with Crippen LogP contribution in [0, 0.1) is 0 Å². The molecule has 1 N–H and O–H groups in total. The zero-order valence-corrected chi connectivity index (χ0v) is 12.2. The first kappa shape index (κ1) is 14.4. The Hall–Kier alpha value is -1.06. The third-order valence-corrected chi connectivity index (χ3v) is 3.83. The second kappa shape index (κ2) is 7.51. The third kappa shape index (κ3) is 4.22. The Balaban J connectivity index is 1.89. The zero-order chi connectivity index (χ0) is 13.5. The second-order valence-electron chi connectivity index (χ2n) is 5.23. The van der Waals surface area contributed by atoms with E-state index in [1.54, 1.807) is 0 Å². The molecular weight excluding hydrogens is 236 g/mol. The van der Waals surface area contributed by atoms with Crippen molar-refractivity contribution in [3.05, 3.63) is 29.8 Å². The summed E-state index contributed by atoms with van der Waals surface area (Å²) >= 11 is 0. The van der Waals surface area contributed by atoms with E-state index in [9.17, 15) is 0 Å². The number of unbranched alkanes of at least 4 members (excludes halogenated alkanes) is 1. The number of nitrogens with zero attached hydrogens (tertiary/aromatic N) is 1. The van der Waals surface area contributed by atoms with Crippen molar-refractivity contribution in [1.29, 1.82) is 0 Å². The SMILES string of the molecule is CCCCOc1ccc(C(C)N2CCNCC2)cc1. The van der Waals surface area contributed by atoms with Crippen molar-refractivity contribution in [2.45, 2.75) is 32.7 Å². The second-order valence-corrected chi connectivity index (χ2v) is 5.23. The Morgan fingerprint density at radius 1 is 1.21 bits per heavy atom. The van der Waals surface area contributed by atoms with Crippen molar-refractivity contribution in [3.63, 3.8) is 0 Å². The Bertz CT molecular complexity index is 358. The summed E-state index contributed by atoms with van der Waals surface area (Å²) in [4.78, 5) is 2.53. The topological polar surface area (TPSA) is 24.5 Å². The van der Waals surface area contributed by atoms with Gasteiger partial charge in [0.15, 0.2) is 0 Å². The lowest BCUT2D eigenvalue weighted by Crippen LogP contribution is -2.44. The van der Waals surface area contributed by atoms with Gasteiger partial charge in [0, 0.05) is 32.2 Å². The van der Waals surface area contributed by atoms with Crippen molar-refractivity contribution in [2.24, 2.45) is 0 Å². The van der Waals surface area contributed by atoms with Crippen LogP contribution in [0.2, 0.25) is 0 Å². The molecule has 19 heavy (non-hydrogen) atoms. The highest BCUT2D eigenvalue weighted by molar-refractivity contribution is 5.29. The normalized spacial score (nSPS) is 18.2. The van der Waals surface area contributed by atoms with Crippen LogP contribution in [0.25, 0.3) is 0 Å². The quantitative estimate of drug-likeness (QED) is 0.798. The Labute approximate surface area is 116 Å². The molecule has 3 nitrogen and oxygen atoms in total. The van der Waals surface area contributed by atoms with Gasteiger partial charge in [-0.3, -0.25) is 4.90 Å². The van der Waals surface area contributed by atoms with Crippen molar-refractivity contribution >= 4 is 0 Å². The highest BCUT2D eigenvalue weighted by Gasteiger charge is 2.17. The smallest absolute Gasteiger partial charge is 0.119 e. The minimum absolute atomic E-state index is 0.492. The van der Waals surface area contributed by atoms with Gasteiger partial charge in [-0.25, -0.2) is 0 Å². The molecule has 2 rings (SSSR count). The first-order valence-corrected chi connectivity index (χ1v) is 7.49. The van der Waals surface area contributed by atoms with Crippen LogP contribution in [-0.4, -0.2) is 37.7 Å². The van der Waals surface area contributed by atoms with Gasteiger partial charge in [-0.05, 0) is 31.0 Å². The summed E-state index contributed by atoms with van der Waals surface area (Å²) in [5, 5.41) is 3.40. The molecule has 1 fully saturated rings. The summed E-state index contributed by atoms with van der Waals surface area (Å²) in [7, 11) is 0. The number of benzene rings is 1. The van der Waals surface area contributed by atoms with E-state index in [4.69, 9.17) is 4.74 Å². The number of ether oxygens (including phenoxy) is 1. The molecule has 1 unspecified atom stereocenters. The molecule has 1 aromatic carbocycles. The molecule has 1 atom stereocenters. The highest BCUT2D eigenvalue weighted by Crippen LogP contribution is 2.23. The first-order chi connectivity index (χ1) is 9.31. The average molecular weight is 262 g/mol. The van der Waals surface area contributed by atoms with Crippen LogP contribution in [0.1, 0.15) is 38.3 Å². The van der Waals surface area contributed by atoms with Gasteiger partial charge in [0.2, 0.25) is 0 Å². The molecule has 1 aliphatic heterocycles. The molecule has 0 saturated carbocycles. The number of nitrogens with one attached hydrogen (secondary N) is 1. The summed E-state index contributed by atoms with van der Waals surface area (Å²) in [6.07, 6.45) is 2.30. The van der Waals surface area contributed by atoms with E-state index >= 15 is 0 Å². The molecule has 1 saturated heterocycles. The van der Waals surface area contributed by atoms with E-state index in [0.29, 0.717) is 6.04 Å². The molecule has 0 spiro atoms. The van der Waals surface area contributed by atoms with E-state index in [2.05, 4.69) is 48.3 Å². The van der Waals surface area contributed by atoms with E-state index in [0.717, 1.165) is 45.0 Å². The highest BCUT2D eigenvalue weighted by atomic mass is 16.5. The van der Waals surface area contributed by atoms with E-state index < -0.39 is 0 Å². The van der Waals surface area contributed by atoms with Gasteiger partial charge in [0.05, 0.1) is 6.61 Å². The predicted molar refractivity (Wildman–Crippen MR) is 79.7 cm³/mol. The summed E-state index contributed by atoms with van der Waals surface area (Å²) in [6.45, 7) is 9.76. The Morgan fingerprint density at radius 2 is 1.89 bits per heavy atom. The fourth-order valence-electron chi connectivity index (χ4n) is 2.46. The minimum atomic E-state index is 0.492. The van der Waals surface area contributed by atoms with Crippen LogP contribution in [0.15, 0.2) is 24.3 Å². The third-order valence-electron chi connectivity index (χ3n) is 3.83. The predicted octanol–water partition coefficient (Wildman–Crippen LogP) is 2.83. The van der Waals surface area contributed by atoms with Gasteiger partial charge in [-0.1, -0.05) is 25.5 Å². The molecule has 3 heteroatoms. The maximum Gasteiger partial charge on any atom is 0.119 e. The maximum atomic E-state index is 5.70. The van der Waals surface area contributed by atoms with E-state index in [1.165, 1.54) is 12.0 Å². The summed E-state index contributed by atoms with van der Waals surface area (Å²) < 4.78 is 5.70. The van der Waals surface area contributed by atoms with Crippen LogP contribution in [-0.2, 0) is 0 Å². The van der Waals surface area contributed by atoms with Crippen LogP contribution >= 0.6 is 0 Å². The number of hydrogen-bond acceptors (Lipinski definition) is 3. The molecule has 0 aromatic heterocycles. The largest absolute Gasteiger partial charge is 0.494 e. The zero-order valence-electron chi connectivity index (χ0n) is 12.2. The minimum Gasteiger partial charge on any atom is -0.494 e. The molecule has 1 aromatic rings. The van der Waals surface area contributed by atoms with Crippen molar-refractivity contribution in [3.8, 4) is 5.75 Å². The first-order valence-electron chi connectivity index (χ1n) is 7.49. The van der Waals surface area contributed by atoms with Crippen LogP contribution < -0.4 is 10.1 Å². The lowest BCUT2D eigenvalue weighted by Gasteiger charge is -2.33. The van der Waals surface area contributed by atoms with Crippen molar-refractivity contribution in [2.75, 3.05) is 32.8 Å². The lowest BCUT2D eigenvalue weighted by atomic mass is 10.1. The summed E-state index contributed by atoms with van der Waals surface area (Å²) in [5.41, 5.74) is 1.38.